The van der Waals surface area contributed by atoms with Gasteiger partial charge < -0.3 is 10.1 Å². The third kappa shape index (κ3) is 3.84. The number of halogens is 1. The first-order chi connectivity index (χ1) is 9.60. The number of nitrogens with one attached hydrogen (secondary N) is 2. The Balaban J connectivity index is 2.09. The van der Waals surface area contributed by atoms with Gasteiger partial charge in [-0.1, -0.05) is 13.0 Å². The largest absolute Gasteiger partial charge is 0.436 e. The molecule has 0 aliphatic carbocycles. The molecule has 2 aromatic rings. The Morgan fingerprint density at radius 3 is 2.80 bits per heavy atom. The van der Waals surface area contributed by atoms with Gasteiger partial charge in [0.1, 0.15) is 5.75 Å². The van der Waals surface area contributed by atoms with Gasteiger partial charge in [0.25, 0.3) is 0 Å². The van der Waals surface area contributed by atoms with Gasteiger partial charge in [-0.3, -0.25) is 5.10 Å². The number of aryl methyl sites for hydroxylation is 1. The maximum absolute atomic E-state index is 5.74. The predicted octanol–water partition coefficient (Wildman–Crippen LogP) is 4.33. The molecule has 0 amide bonds. The van der Waals surface area contributed by atoms with E-state index in [0.29, 0.717) is 11.9 Å². The van der Waals surface area contributed by atoms with Gasteiger partial charge in [-0.2, -0.15) is 0 Å². The van der Waals surface area contributed by atoms with Gasteiger partial charge in [0, 0.05) is 17.8 Å². The number of H-pyrrole nitrogens is 1. The van der Waals surface area contributed by atoms with Crippen LogP contribution in [-0.4, -0.2) is 16.7 Å². The van der Waals surface area contributed by atoms with Crippen molar-refractivity contribution in [3.05, 3.63) is 40.0 Å². The predicted molar refractivity (Wildman–Crippen MR) is 84.2 cm³/mol. The van der Waals surface area contributed by atoms with E-state index in [4.69, 9.17) is 4.74 Å². The zero-order chi connectivity index (χ0) is 14.5. The van der Waals surface area contributed by atoms with Crippen LogP contribution in [0, 0.1) is 6.92 Å². The topological polar surface area (TPSA) is 49.9 Å². The minimum atomic E-state index is 0.327. The molecular weight excluding hydrogens is 318 g/mol. The zero-order valence-corrected chi connectivity index (χ0v) is 13.6. The first-order valence-corrected chi connectivity index (χ1v) is 7.62. The second kappa shape index (κ2) is 6.90. The van der Waals surface area contributed by atoms with E-state index in [1.165, 1.54) is 5.56 Å². The molecule has 4 nitrogen and oxygen atoms in total. The number of nitrogens with zero attached hydrogens (tertiary/aromatic N) is 1. The van der Waals surface area contributed by atoms with Crippen LogP contribution in [0.15, 0.2) is 28.7 Å². The second-order valence-electron chi connectivity index (χ2n) is 4.86. The average molecular weight is 338 g/mol. The monoisotopic (exact) mass is 337 g/mol. The minimum Gasteiger partial charge on any atom is -0.436 e. The smallest absolute Gasteiger partial charge is 0.238 e. The van der Waals surface area contributed by atoms with Crippen LogP contribution in [0.3, 0.4) is 0 Å². The van der Waals surface area contributed by atoms with Gasteiger partial charge in [-0.25, -0.2) is 0 Å². The summed E-state index contributed by atoms with van der Waals surface area (Å²) in [5.74, 6) is 1.34. The molecule has 0 fully saturated rings. The van der Waals surface area contributed by atoms with Crippen LogP contribution < -0.4 is 10.1 Å². The molecule has 1 unspecified atom stereocenters. The second-order valence-corrected chi connectivity index (χ2v) is 5.71. The van der Waals surface area contributed by atoms with E-state index in [2.05, 4.69) is 57.4 Å². The SMILES string of the molecule is CCCNC(C)c1ccc(Oc2cc(C)[nH]n2)c(Br)c1. The van der Waals surface area contributed by atoms with E-state index < -0.39 is 0 Å². The molecule has 0 bridgehead atoms. The lowest BCUT2D eigenvalue weighted by atomic mass is 10.1. The number of benzene rings is 1. The summed E-state index contributed by atoms with van der Waals surface area (Å²) in [6.45, 7) is 7.29. The van der Waals surface area contributed by atoms with Crippen LogP contribution in [0.25, 0.3) is 0 Å². The van der Waals surface area contributed by atoms with Crippen molar-refractivity contribution in [2.24, 2.45) is 0 Å². The van der Waals surface area contributed by atoms with Gasteiger partial charge in [0.2, 0.25) is 5.88 Å². The fourth-order valence-electron chi connectivity index (χ4n) is 1.91. The molecule has 0 saturated carbocycles. The molecule has 108 valence electrons. The van der Waals surface area contributed by atoms with Crippen molar-refractivity contribution in [1.29, 1.82) is 0 Å². The fraction of sp³-hybridized carbons (Fsp3) is 0.400. The van der Waals surface area contributed by atoms with Crippen LogP contribution in [0.2, 0.25) is 0 Å². The average Bonchev–Trinajstić information content (AvgIpc) is 2.83. The van der Waals surface area contributed by atoms with Crippen LogP contribution in [0.4, 0.5) is 0 Å². The Kier molecular flexibility index (Phi) is 5.20. The Hall–Kier alpha value is -1.33. The van der Waals surface area contributed by atoms with Gasteiger partial charge >= 0.3 is 0 Å². The van der Waals surface area contributed by atoms with E-state index in [-0.39, 0.29) is 0 Å². The molecule has 1 atom stereocenters. The lowest BCUT2D eigenvalue weighted by Crippen LogP contribution is -2.19. The molecule has 20 heavy (non-hydrogen) atoms. The van der Waals surface area contributed by atoms with E-state index in [9.17, 15) is 0 Å². The first-order valence-electron chi connectivity index (χ1n) is 6.83. The highest BCUT2D eigenvalue weighted by atomic mass is 79.9. The molecule has 0 saturated heterocycles. The van der Waals surface area contributed by atoms with Gasteiger partial charge in [-0.15, -0.1) is 5.10 Å². The number of rotatable bonds is 6. The summed E-state index contributed by atoms with van der Waals surface area (Å²) in [4.78, 5) is 0. The van der Waals surface area contributed by atoms with Crippen LogP contribution >= 0.6 is 15.9 Å². The van der Waals surface area contributed by atoms with Crippen molar-refractivity contribution < 1.29 is 4.74 Å². The molecule has 0 aliphatic rings. The van der Waals surface area contributed by atoms with Crippen molar-refractivity contribution in [3.8, 4) is 11.6 Å². The molecule has 2 rings (SSSR count). The summed E-state index contributed by atoms with van der Waals surface area (Å²) >= 11 is 3.56. The Bertz CT molecular complexity index is 568. The number of hydrogen-bond acceptors (Lipinski definition) is 3. The molecule has 2 N–H and O–H groups in total. The normalized spacial score (nSPS) is 12.4. The van der Waals surface area contributed by atoms with E-state index in [1.54, 1.807) is 0 Å². The van der Waals surface area contributed by atoms with Gasteiger partial charge in [0.15, 0.2) is 0 Å². The summed E-state index contributed by atoms with van der Waals surface area (Å²) in [7, 11) is 0. The van der Waals surface area contributed by atoms with Gasteiger partial charge in [-0.05, 0) is 60.4 Å². The molecule has 5 heteroatoms. The van der Waals surface area contributed by atoms with Crippen LogP contribution in [0.5, 0.6) is 11.6 Å². The quantitative estimate of drug-likeness (QED) is 0.824. The van der Waals surface area contributed by atoms with Gasteiger partial charge in [0.05, 0.1) is 4.47 Å². The highest BCUT2D eigenvalue weighted by Crippen LogP contribution is 2.31. The van der Waals surface area contributed by atoms with E-state index >= 15 is 0 Å². The van der Waals surface area contributed by atoms with Crippen LogP contribution in [0.1, 0.15) is 37.6 Å². The third-order valence-electron chi connectivity index (χ3n) is 3.05. The Labute approximate surface area is 128 Å². The van der Waals surface area contributed by atoms with E-state index in [0.717, 1.165) is 28.9 Å². The van der Waals surface area contributed by atoms with E-state index in [1.807, 2.05) is 19.1 Å². The summed E-state index contributed by atoms with van der Waals surface area (Å²) < 4.78 is 6.67. The number of hydrogen-bond donors (Lipinski definition) is 2. The molecule has 0 radical (unpaired) electrons. The highest BCUT2D eigenvalue weighted by molar-refractivity contribution is 9.10. The molecule has 1 aromatic heterocycles. The summed E-state index contributed by atoms with van der Waals surface area (Å²) in [6.07, 6.45) is 1.13. The van der Waals surface area contributed by atoms with Crippen LogP contribution in [-0.2, 0) is 0 Å². The van der Waals surface area contributed by atoms with Crippen molar-refractivity contribution in [3.63, 3.8) is 0 Å². The number of aromatic nitrogens is 2. The number of ether oxygens (including phenoxy) is 1. The molecule has 0 aliphatic heterocycles. The zero-order valence-electron chi connectivity index (χ0n) is 12.0. The fourth-order valence-corrected chi connectivity index (χ4v) is 2.38. The lowest BCUT2D eigenvalue weighted by Gasteiger charge is -2.15. The third-order valence-corrected chi connectivity index (χ3v) is 3.67. The summed E-state index contributed by atoms with van der Waals surface area (Å²) in [5, 5.41) is 10.4. The summed E-state index contributed by atoms with van der Waals surface area (Å²) in [5.41, 5.74) is 2.21. The van der Waals surface area contributed by atoms with Crippen molar-refractivity contribution >= 4 is 15.9 Å². The molecule has 0 spiro atoms. The molecule has 1 aromatic carbocycles. The summed E-state index contributed by atoms with van der Waals surface area (Å²) in [6, 6.07) is 8.32. The molecular formula is C15H20BrN3O. The Morgan fingerprint density at radius 1 is 1.40 bits per heavy atom. The Morgan fingerprint density at radius 2 is 2.20 bits per heavy atom. The highest BCUT2D eigenvalue weighted by Gasteiger charge is 2.09. The maximum Gasteiger partial charge on any atom is 0.238 e. The lowest BCUT2D eigenvalue weighted by molar-refractivity contribution is 0.458. The maximum atomic E-state index is 5.74. The first kappa shape index (κ1) is 15.1. The minimum absolute atomic E-state index is 0.327. The number of aromatic amines is 1. The van der Waals surface area contributed by atoms with Crippen molar-refractivity contribution in [2.75, 3.05) is 6.54 Å². The van der Waals surface area contributed by atoms with Crippen molar-refractivity contribution in [1.82, 2.24) is 15.5 Å². The van der Waals surface area contributed by atoms with Crippen molar-refractivity contribution in [2.45, 2.75) is 33.2 Å². The molecule has 1 heterocycles. The standard InChI is InChI=1S/C15H20BrN3O/c1-4-7-17-11(3)12-5-6-14(13(16)9-12)20-15-8-10(2)18-19-15/h5-6,8-9,11,17H,4,7H2,1-3H3,(H,18,19).